The minimum atomic E-state index is 0.511. The molecule has 24 heavy (non-hydrogen) atoms. The molecule has 1 aromatic carbocycles. The molecule has 0 aromatic heterocycles. The Morgan fingerprint density at radius 2 is 1.96 bits per heavy atom. The summed E-state index contributed by atoms with van der Waals surface area (Å²) in [5.41, 5.74) is 1.14. The van der Waals surface area contributed by atoms with E-state index in [2.05, 4.69) is 35.5 Å². The van der Waals surface area contributed by atoms with Crippen LogP contribution in [0.15, 0.2) is 29.3 Å². The Morgan fingerprint density at radius 1 is 1.17 bits per heavy atom. The molecule has 5 heteroatoms. The molecular weight excluding hydrogens is 302 g/mol. The third-order valence-corrected chi connectivity index (χ3v) is 3.43. The van der Waals surface area contributed by atoms with Crippen molar-refractivity contribution in [3.63, 3.8) is 0 Å². The number of nitrogens with zero attached hydrogens (tertiary/aromatic N) is 1. The van der Waals surface area contributed by atoms with Crippen LogP contribution in [-0.4, -0.2) is 39.4 Å². The standard InChI is InChI=1S/C19H33N3O2/c1-5-23-13-9-8-12-21-19(20-4)22-14-17-10-6-7-11-18(17)24-15-16(2)3/h6-7,10-11,16H,5,8-9,12-15H2,1-4H3,(H2,20,21,22). The Morgan fingerprint density at radius 3 is 2.67 bits per heavy atom. The summed E-state index contributed by atoms with van der Waals surface area (Å²) in [5.74, 6) is 2.26. The number of guanidine groups is 1. The van der Waals surface area contributed by atoms with Gasteiger partial charge in [0, 0.05) is 38.9 Å². The first-order valence-electron chi connectivity index (χ1n) is 8.90. The lowest BCUT2D eigenvalue weighted by Gasteiger charge is -2.15. The molecule has 0 spiro atoms. The molecule has 1 aromatic rings. The summed E-state index contributed by atoms with van der Waals surface area (Å²) < 4.78 is 11.2. The number of benzene rings is 1. The van der Waals surface area contributed by atoms with Gasteiger partial charge in [0.15, 0.2) is 5.96 Å². The van der Waals surface area contributed by atoms with E-state index in [1.54, 1.807) is 7.05 Å². The maximum atomic E-state index is 5.89. The Bertz CT molecular complexity index is 475. The first-order valence-corrected chi connectivity index (χ1v) is 8.90. The normalized spacial score (nSPS) is 11.6. The summed E-state index contributed by atoms with van der Waals surface area (Å²) in [7, 11) is 1.79. The van der Waals surface area contributed by atoms with Crippen molar-refractivity contribution in [3.05, 3.63) is 29.8 Å². The van der Waals surface area contributed by atoms with Crippen molar-refractivity contribution in [2.75, 3.05) is 33.4 Å². The number of hydrogen-bond donors (Lipinski definition) is 2. The van der Waals surface area contributed by atoms with Crippen LogP contribution >= 0.6 is 0 Å². The maximum absolute atomic E-state index is 5.89. The number of hydrogen-bond acceptors (Lipinski definition) is 3. The van der Waals surface area contributed by atoms with Crippen molar-refractivity contribution >= 4 is 5.96 Å². The minimum Gasteiger partial charge on any atom is -0.493 e. The molecule has 0 aliphatic rings. The molecule has 5 nitrogen and oxygen atoms in total. The van der Waals surface area contributed by atoms with Gasteiger partial charge < -0.3 is 20.1 Å². The smallest absolute Gasteiger partial charge is 0.191 e. The van der Waals surface area contributed by atoms with Gasteiger partial charge in [0.1, 0.15) is 5.75 Å². The highest BCUT2D eigenvalue weighted by molar-refractivity contribution is 5.79. The lowest BCUT2D eigenvalue weighted by molar-refractivity contribution is 0.143. The summed E-state index contributed by atoms with van der Waals surface area (Å²) in [6, 6.07) is 8.13. The molecule has 0 bridgehead atoms. The molecule has 0 fully saturated rings. The van der Waals surface area contributed by atoms with Gasteiger partial charge in [0.05, 0.1) is 6.61 Å². The third kappa shape index (κ3) is 8.77. The van der Waals surface area contributed by atoms with E-state index in [1.165, 1.54) is 0 Å². The molecule has 0 radical (unpaired) electrons. The summed E-state index contributed by atoms with van der Waals surface area (Å²) in [6.45, 7) is 10.2. The predicted molar refractivity (Wildman–Crippen MR) is 101 cm³/mol. The van der Waals surface area contributed by atoms with Crippen molar-refractivity contribution < 1.29 is 9.47 Å². The molecule has 0 atom stereocenters. The quantitative estimate of drug-likeness (QED) is 0.370. The van der Waals surface area contributed by atoms with Gasteiger partial charge in [-0.1, -0.05) is 32.0 Å². The first-order chi connectivity index (χ1) is 11.7. The van der Waals surface area contributed by atoms with Gasteiger partial charge in [-0.2, -0.15) is 0 Å². The molecule has 2 N–H and O–H groups in total. The van der Waals surface area contributed by atoms with Gasteiger partial charge in [0.25, 0.3) is 0 Å². The number of para-hydroxylation sites is 1. The topological polar surface area (TPSA) is 54.9 Å². The van der Waals surface area contributed by atoms with Crippen molar-refractivity contribution in [2.45, 2.75) is 40.2 Å². The summed E-state index contributed by atoms with van der Waals surface area (Å²) in [4.78, 5) is 4.26. The molecule has 0 saturated carbocycles. The summed E-state index contributed by atoms with van der Waals surface area (Å²) in [6.07, 6.45) is 2.12. The Kier molecular flexibility index (Phi) is 10.7. The van der Waals surface area contributed by atoms with E-state index in [1.807, 2.05) is 25.1 Å². The minimum absolute atomic E-state index is 0.511. The molecule has 0 saturated heterocycles. The number of nitrogens with one attached hydrogen (secondary N) is 2. The van der Waals surface area contributed by atoms with Crippen LogP contribution in [0, 0.1) is 5.92 Å². The Balaban J connectivity index is 2.37. The average Bonchev–Trinajstić information content (AvgIpc) is 2.59. The van der Waals surface area contributed by atoms with Gasteiger partial charge in [-0.3, -0.25) is 4.99 Å². The van der Waals surface area contributed by atoms with Crippen molar-refractivity contribution in [1.82, 2.24) is 10.6 Å². The second-order valence-corrected chi connectivity index (χ2v) is 6.07. The molecule has 0 heterocycles. The van der Waals surface area contributed by atoms with Crippen LogP contribution in [0.5, 0.6) is 5.75 Å². The van der Waals surface area contributed by atoms with Crippen LogP contribution in [0.25, 0.3) is 0 Å². The average molecular weight is 335 g/mol. The van der Waals surface area contributed by atoms with Crippen LogP contribution in [0.1, 0.15) is 39.2 Å². The van der Waals surface area contributed by atoms with Crippen LogP contribution in [0.4, 0.5) is 0 Å². The highest BCUT2D eigenvalue weighted by Crippen LogP contribution is 2.18. The van der Waals surface area contributed by atoms with Crippen LogP contribution < -0.4 is 15.4 Å². The lowest BCUT2D eigenvalue weighted by atomic mass is 10.2. The fourth-order valence-corrected chi connectivity index (χ4v) is 2.13. The van der Waals surface area contributed by atoms with E-state index in [-0.39, 0.29) is 0 Å². The third-order valence-electron chi connectivity index (χ3n) is 3.43. The zero-order chi connectivity index (χ0) is 17.6. The molecular formula is C19H33N3O2. The van der Waals surface area contributed by atoms with Gasteiger partial charge in [-0.05, 0) is 31.7 Å². The van der Waals surface area contributed by atoms with Gasteiger partial charge in [0.2, 0.25) is 0 Å². The molecule has 0 unspecified atom stereocenters. The van der Waals surface area contributed by atoms with Crippen molar-refractivity contribution in [2.24, 2.45) is 10.9 Å². The second kappa shape index (κ2) is 12.6. The number of ether oxygens (including phenoxy) is 2. The predicted octanol–water partition coefficient (Wildman–Crippen LogP) is 3.20. The zero-order valence-corrected chi connectivity index (χ0v) is 15.6. The largest absolute Gasteiger partial charge is 0.493 e. The van der Waals surface area contributed by atoms with Crippen molar-refractivity contribution in [1.29, 1.82) is 0 Å². The maximum Gasteiger partial charge on any atom is 0.191 e. The van der Waals surface area contributed by atoms with Gasteiger partial charge in [-0.15, -0.1) is 0 Å². The SMILES string of the molecule is CCOCCCCNC(=NC)NCc1ccccc1OCC(C)C. The van der Waals surface area contributed by atoms with E-state index in [4.69, 9.17) is 9.47 Å². The highest BCUT2D eigenvalue weighted by Gasteiger charge is 2.05. The van der Waals surface area contributed by atoms with Crippen LogP contribution in [0.2, 0.25) is 0 Å². The van der Waals surface area contributed by atoms with Crippen molar-refractivity contribution in [3.8, 4) is 5.75 Å². The Hall–Kier alpha value is -1.75. The van der Waals surface area contributed by atoms with Crippen LogP contribution in [0.3, 0.4) is 0 Å². The fraction of sp³-hybridized carbons (Fsp3) is 0.632. The highest BCUT2D eigenvalue weighted by atomic mass is 16.5. The zero-order valence-electron chi connectivity index (χ0n) is 15.6. The van der Waals surface area contributed by atoms with Gasteiger partial charge in [-0.25, -0.2) is 0 Å². The van der Waals surface area contributed by atoms with E-state index < -0.39 is 0 Å². The van der Waals surface area contributed by atoms with Gasteiger partial charge >= 0.3 is 0 Å². The fourth-order valence-electron chi connectivity index (χ4n) is 2.13. The van der Waals surface area contributed by atoms with E-state index in [9.17, 15) is 0 Å². The molecule has 0 aliphatic heterocycles. The lowest BCUT2D eigenvalue weighted by Crippen LogP contribution is -2.37. The van der Waals surface area contributed by atoms with E-state index in [0.717, 1.165) is 56.5 Å². The summed E-state index contributed by atoms with van der Waals surface area (Å²) >= 11 is 0. The molecule has 1 rings (SSSR count). The molecule has 136 valence electrons. The Labute approximate surface area is 146 Å². The van der Waals surface area contributed by atoms with Crippen LogP contribution in [-0.2, 0) is 11.3 Å². The monoisotopic (exact) mass is 335 g/mol. The number of aliphatic imine (C=N–C) groups is 1. The summed E-state index contributed by atoms with van der Waals surface area (Å²) in [5, 5.41) is 6.67. The van der Waals surface area contributed by atoms with E-state index >= 15 is 0 Å². The van der Waals surface area contributed by atoms with E-state index in [0.29, 0.717) is 12.5 Å². The molecule has 0 aliphatic carbocycles. The number of unbranched alkanes of at least 4 members (excludes halogenated alkanes) is 1. The first kappa shape index (κ1) is 20.3. The molecule has 0 amide bonds. The number of rotatable bonds is 11. The second-order valence-electron chi connectivity index (χ2n) is 6.07.